The molecule has 0 aliphatic rings. The van der Waals surface area contributed by atoms with Gasteiger partial charge in [0, 0.05) is 22.4 Å². The van der Waals surface area contributed by atoms with Gasteiger partial charge in [-0.25, -0.2) is 4.79 Å². The topological polar surface area (TPSA) is 75.6 Å². The highest BCUT2D eigenvalue weighted by Gasteiger charge is 2.28. The Hall–Kier alpha value is -2.82. The number of carboxylic acid groups (broad SMARTS) is 1. The average molecular weight is 383 g/mol. The lowest BCUT2D eigenvalue weighted by Crippen LogP contribution is -2.22. The second-order valence-electron chi connectivity index (χ2n) is 8.94. The summed E-state index contributed by atoms with van der Waals surface area (Å²) in [6.07, 6.45) is 0. The summed E-state index contributed by atoms with van der Waals surface area (Å²) in [5.41, 5.74) is 2.78. The van der Waals surface area contributed by atoms with Gasteiger partial charge < -0.3 is 15.2 Å². The van der Waals surface area contributed by atoms with Gasteiger partial charge in [-0.3, -0.25) is 4.79 Å². The van der Waals surface area contributed by atoms with E-state index in [4.69, 9.17) is 9.84 Å². The fraction of sp³-hybridized carbons (Fsp3) is 0.391. The average Bonchev–Trinajstić information content (AvgIpc) is 2.59. The molecule has 5 nitrogen and oxygen atoms in total. The molecule has 2 aromatic carbocycles. The van der Waals surface area contributed by atoms with E-state index in [-0.39, 0.29) is 22.3 Å². The number of ether oxygens (including phenoxy) is 1. The van der Waals surface area contributed by atoms with Crippen molar-refractivity contribution in [2.45, 2.75) is 52.4 Å². The van der Waals surface area contributed by atoms with Crippen LogP contribution in [0.15, 0.2) is 36.4 Å². The number of carbonyl (C=O) groups excluding carboxylic acids is 1. The zero-order valence-electron chi connectivity index (χ0n) is 17.6. The highest BCUT2D eigenvalue weighted by molar-refractivity contribution is 6.05. The Labute approximate surface area is 166 Å². The molecule has 0 spiro atoms. The van der Waals surface area contributed by atoms with E-state index >= 15 is 0 Å². The maximum Gasteiger partial charge on any atom is 0.335 e. The minimum absolute atomic E-state index is 0.174. The summed E-state index contributed by atoms with van der Waals surface area (Å²) < 4.78 is 5.73. The van der Waals surface area contributed by atoms with Crippen molar-refractivity contribution in [2.24, 2.45) is 0 Å². The van der Waals surface area contributed by atoms with Crippen molar-refractivity contribution in [2.75, 3.05) is 12.4 Å². The molecule has 150 valence electrons. The van der Waals surface area contributed by atoms with Crippen LogP contribution < -0.4 is 10.1 Å². The lowest BCUT2D eigenvalue weighted by atomic mass is 9.78. The van der Waals surface area contributed by atoms with Crippen LogP contribution in [-0.4, -0.2) is 24.1 Å². The second-order valence-corrected chi connectivity index (χ2v) is 8.94. The highest BCUT2D eigenvalue weighted by atomic mass is 16.5. The van der Waals surface area contributed by atoms with Gasteiger partial charge in [-0.1, -0.05) is 41.5 Å². The van der Waals surface area contributed by atoms with E-state index in [1.807, 2.05) is 12.1 Å². The zero-order chi connectivity index (χ0) is 21.3. The minimum atomic E-state index is -1.00. The number of anilines is 1. The molecule has 2 N–H and O–H groups in total. The summed E-state index contributed by atoms with van der Waals surface area (Å²) in [5.74, 6) is -0.443. The normalized spacial score (nSPS) is 11.8. The Morgan fingerprint density at radius 1 is 0.857 bits per heavy atom. The van der Waals surface area contributed by atoms with E-state index in [9.17, 15) is 9.59 Å². The molecule has 0 aliphatic heterocycles. The maximum absolute atomic E-state index is 12.9. The molecule has 1 amide bonds. The van der Waals surface area contributed by atoms with Crippen LogP contribution >= 0.6 is 0 Å². The van der Waals surface area contributed by atoms with E-state index in [2.05, 4.69) is 46.9 Å². The van der Waals surface area contributed by atoms with Crippen molar-refractivity contribution >= 4 is 17.6 Å². The van der Waals surface area contributed by atoms with Crippen LogP contribution in [0, 0.1) is 0 Å². The number of aromatic carboxylic acids is 1. The standard InChI is InChI=1S/C23H29NO4/c1-22(2,3)17-12-15(13-18(19(17)28-7)23(4,5)6)20(25)24-16-10-8-14(9-11-16)21(26)27/h8-13H,1-7H3,(H,24,25)(H,26,27). The molecule has 28 heavy (non-hydrogen) atoms. The molecule has 0 aromatic heterocycles. The summed E-state index contributed by atoms with van der Waals surface area (Å²) in [5, 5.41) is 11.8. The first kappa shape index (κ1) is 21.5. The van der Waals surface area contributed by atoms with Gasteiger partial charge in [0.25, 0.3) is 5.91 Å². The lowest BCUT2D eigenvalue weighted by Gasteiger charge is -2.29. The Morgan fingerprint density at radius 3 is 1.68 bits per heavy atom. The molecule has 0 unspecified atom stereocenters. The van der Waals surface area contributed by atoms with E-state index in [1.54, 1.807) is 19.2 Å². The first-order valence-corrected chi connectivity index (χ1v) is 9.22. The van der Waals surface area contributed by atoms with Crippen molar-refractivity contribution in [3.05, 3.63) is 58.7 Å². The molecule has 0 radical (unpaired) electrons. The Bertz CT molecular complexity index is 849. The predicted molar refractivity (Wildman–Crippen MR) is 112 cm³/mol. The number of carboxylic acids is 1. The van der Waals surface area contributed by atoms with E-state index in [0.717, 1.165) is 16.9 Å². The number of rotatable bonds is 4. The first-order valence-electron chi connectivity index (χ1n) is 9.22. The minimum Gasteiger partial charge on any atom is -0.496 e. The number of amides is 1. The fourth-order valence-electron chi connectivity index (χ4n) is 2.99. The SMILES string of the molecule is COc1c(C(C)(C)C)cc(C(=O)Nc2ccc(C(=O)O)cc2)cc1C(C)(C)C. The lowest BCUT2D eigenvalue weighted by molar-refractivity contribution is 0.0696. The zero-order valence-corrected chi connectivity index (χ0v) is 17.6. The van der Waals surface area contributed by atoms with Crippen LogP contribution in [0.25, 0.3) is 0 Å². The van der Waals surface area contributed by atoms with Crippen molar-refractivity contribution in [1.29, 1.82) is 0 Å². The Kier molecular flexibility index (Phi) is 5.88. The maximum atomic E-state index is 12.9. The summed E-state index contributed by atoms with van der Waals surface area (Å²) in [6.45, 7) is 12.5. The van der Waals surface area contributed by atoms with E-state index in [0.29, 0.717) is 11.3 Å². The third-order valence-corrected chi connectivity index (χ3v) is 4.56. The molecule has 0 bridgehead atoms. The van der Waals surface area contributed by atoms with Gasteiger partial charge in [0.2, 0.25) is 0 Å². The van der Waals surface area contributed by atoms with Crippen molar-refractivity contribution in [1.82, 2.24) is 0 Å². The van der Waals surface area contributed by atoms with Crippen molar-refractivity contribution < 1.29 is 19.4 Å². The Balaban J connectivity index is 2.49. The summed E-state index contributed by atoms with van der Waals surface area (Å²) in [7, 11) is 1.66. The molecular formula is C23H29NO4. The fourth-order valence-corrected chi connectivity index (χ4v) is 2.99. The third kappa shape index (κ3) is 4.71. The van der Waals surface area contributed by atoms with Crippen LogP contribution in [0.5, 0.6) is 5.75 Å². The Morgan fingerprint density at radius 2 is 1.32 bits per heavy atom. The van der Waals surface area contributed by atoms with Gasteiger partial charge in [0.05, 0.1) is 12.7 Å². The number of hydrogen-bond donors (Lipinski definition) is 2. The largest absolute Gasteiger partial charge is 0.496 e. The van der Waals surface area contributed by atoms with Gasteiger partial charge in [0.1, 0.15) is 5.75 Å². The van der Waals surface area contributed by atoms with Gasteiger partial charge in [-0.05, 0) is 47.2 Å². The summed E-state index contributed by atoms with van der Waals surface area (Å²) in [6, 6.07) is 9.84. The van der Waals surface area contributed by atoms with E-state index in [1.165, 1.54) is 12.1 Å². The molecule has 0 aliphatic carbocycles. The second kappa shape index (κ2) is 7.66. The molecule has 0 heterocycles. The molecule has 2 rings (SSSR count). The molecule has 5 heteroatoms. The molecule has 0 atom stereocenters. The van der Waals surface area contributed by atoms with Crippen LogP contribution in [-0.2, 0) is 10.8 Å². The third-order valence-electron chi connectivity index (χ3n) is 4.56. The monoisotopic (exact) mass is 383 g/mol. The van der Waals surface area contributed by atoms with Crippen molar-refractivity contribution in [3.8, 4) is 5.75 Å². The number of carbonyl (C=O) groups is 2. The molecular weight excluding hydrogens is 354 g/mol. The number of hydrogen-bond acceptors (Lipinski definition) is 3. The molecule has 0 saturated heterocycles. The van der Waals surface area contributed by atoms with Crippen LogP contribution in [0.3, 0.4) is 0 Å². The quantitative estimate of drug-likeness (QED) is 0.757. The molecule has 2 aromatic rings. The van der Waals surface area contributed by atoms with Gasteiger partial charge >= 0.3 is 5.97 Å². The predicted octanol–water partition coefficient (Wildman–Crippen LogP) is 5.24. The van der Waals surface area contributed by atoms with E-state index < -0.39 is 5.97 Å². The van der Waals surface area contributed by atoms with Crippen LogP contribution in [0.4, 0.5) is 5.69 Å². The number of methoxy groups -OCH3 is 1. The summed E-state index contributed by atoms with van der Waals surface area (Å²) >= 11 is 0. The van der Waals surface area contributed by atoms with Crippen LogP contribution in [0.2, 0.25) is 0 Å². The molecule has 0 saturated carbocycles. The number of benzene rings is 2. The van der Waals surface area contributed by atoms with Gasteiger partial charge in [-0.15, -0.1) is 0 Å². The smallest absolute Gasteiger partial charge is 0.335 e. The van der Waals surface area contributed by atoms with Crippen molar-refractivity contribution in [3.63, 3.8) is 0 Å². The van der Waals surface area contributed by atoms with Gasteiger partial charge in [0.15, 0.2) is 0 Å². The summed E-state index contributed by atoms with van der Waals surface area (Å²) in [4.78, 5) is 23.9. The highest BCUT2D eigenvalue weighted by Crippen LogP contribution is 2.40. The molecule has 0 fully saturated rings. The van der Waals surface area contributed by atoms with Gasteiger partial charge in [-0.2, -0.15) is 0 Å². The van der Waals surface area contributed by atoms with Crippen LogP contribution in [0.1, 0.15) is 73.4 Å². The number of nitrogens with one attached hydrogen (secondary N) is 1. The first-order chi connectivity index (χ1) is 12.8.